The molecule has 0 aliphatic rings. The molecule has 4 nitrogen and oxygen atoms in total. The number of rotatable bonds is 6. The van der Waals surface area contributed by atoms with E-state index in [1.807, 2.05) is 19.1 Å². The van der Waals surface area contributed by atoms with Crippen molar-refractivity contribution in [3.8, 4) is 0 Å². The van der Waals surface area contributed by atoms with Crippen LogP contribution in [0.15, 0.2) is 41.8 Å². The zero-order valence-corrected chi connectivity index (χ0v) is 11.9. The highest BCUT2D eigenvalue weighted by Gasteiger charge is 2.17. The summed E-state index contributed by atoms with van der Waals surface area (Å²) in [7, 11) is -0.289. The second-order valence-electron chi connectivity index (χ2n) is 4.28. The first-order valence-corrected chi connectivity index (χ1v) is 7.20. The normalized spacial score (nSPS) is 13.6. The molecule has 0 aliphatic heterocycles. The summed E-state index contributed by atoms with van der Waals surface area (Å²) in [4.78, 5) is 0.312. The van der Waals surface area contributed by atoms with E-state index in [2.05, 4.69) is 11.9 Å². The largest absolute Gasteiger partial charge is 0.307 e. The minimum Gasteiger partial charge on any atom is -0.307 e. The number of sulfonamides is 1. The second kappa shape index (κ2) is 6.13. The minimum atomic E-state index is -3.34. The van der Waals surface area contributed by atoms with Gasteiger partial charge in [-0.2, -0.15) is 0 Å². The zero-order valence-electron chi connectivity index (χ0n) is 11.1. The summed E-state index contributed by atoms with van der Waals surface area (Å²) in [5, 5.41) is 3.25. The lowest BCUT2D eigenvalue weighted by Gasteiger charge is -2.15. The summed E-state index contributed by atoms with van der Waals surface area (Å²) in [6, 6.07) is 7.10. The Morgan fingerprint density at radius 1 is 1.33 bits per heavy atom. The molecule has 1 aromatic rings. The van der Waals surface area contributed by atoms with Gasteiger partial charge in [0.25, 0.3) is 0 Å². The van der Waals surface area contributed by atoms with Crippen LogP contribution in [0.1, 0.15) is 18.5 Å². The summed E-state index contributed by atoms with van der Waals surface area (Å²) in [5.74, 6) is 0. The maximum absolute atomic E-state index is 11.9. The van der Waals surface area contributed by atoms with Crippen LogP contribution in [0, 0.1) is 0 Å². The van der Waals surface area contributed by atoms with Crippen LogP contribution in [0.3, 0.4) is 0 Å². The maximum Gasteiger partial charge on any atom is 0.242 e. The van der Waals surface area contributed by atoms with Crippen LogP contribution in [0.25, 0.3) is 0 Å². The predicted molar refractivity (Wildman–Crippen MR) is 73.9 cm³/mol. The average Bonchev–Trinajstić information content (AvgIpc) is 2.35. The topological polar surface area (TPSA) is 49.4 Å². The van der Waals surface area contributed by atoms with E-state index in [9.17, 15) is 8.42 Å². The third-order valence-corrected chi connectivity index (χ3v) is 4.56. The molecule has 0 aromatic heterocycles. The quantitative estimate of drug-likeness (QED) is 0.800. The van der Waals surface area contributed by atoms with Crippen molar-refractivity contribution in [2.24, 2.45) is 0 Å². The molecule has 0 spiro atoms. The molecule has 0 heterocycles. The molecule has 100 valence electrons. The fourth-order valence-electron chi connectivity index (χ4n) is 1.52. The van der Waals surface area contributed by atoms with Crippen LogP contribution in [0.5, 0.6) is 0 Å². The maximum atomic E-state index is 11.9. The molecule has 1 unspecified atom stereocenters. The molecule has 18 heavy (non-hydrogen) atoms. The van der Waals surface area contributed by atoms with Crippen LogP contribution in [-0.2, 0) is 10.0 Å². The van der Waals surface area contributed by atoms with Gasteiger partial charge in [-0.3, -0.25) is 0 Å². The first-order chi connectivity index (χ1) is 8.39. The molecule has 5 heteroatoms. The molecule has 0 amide bonds. The van der Waals surface area contributed by atoms with Crippen molar-refractivity contribution in [2.75, 3.05) is 20.6 Å². The SMILES string of the molecule is C=CCNC(C)c1ccc(S(=O)(=O)N(C)C)cc1. The highest BCUT2D eigenvalue weighted by molar-refractivity contribution is 7.89. The van der Waals surface area contributed by atoms with Gasteiger partial charge >= 0.3 is 0 Å². The molecule has 0 radical (unpaired) electrons. The number of nitrogens with zero attached hydrogens (tertiary/aromatic N) is 1. The minimum absolute atomic E-state index is 0.166. The van der Waals surface area contributed by atoms with E-state index in [0.29, 0.717) is 4.90 Å². The van der Waals surface area contributed by atoms with E-state index in [1.54, 1.807) is 18.2 Å². The Bertz CT molecular complexity index is 492. The Labute approximate surface area is 109 Å². The van der Waals surface area contributed by atoms with Crippen LogP contribution >= 0.6 is 0 Å². The van der Waals surface area contributed by atoms with Crippen molar-refractivity contribution in [2.45, 2.75) is 17.9 Å². The van der Waals surface area contributed by atoms with Gasteiger partial charge in [-0.05, 0) is 24.6 Å². The number of hydrogen-bond donors (Lipinski definition) is 1. The summed E-state index contributed by atoms with van der Waals surface area (Å²) in [5.41, 5.74) is 1.05. The number of nitrogens with one attached hydrogen (secondary N) is 1. The smallest absolute Gasteiger partial charge is 0.242 e. The lowest BCUT2D eigenvalue weighted by atomic mass is 10.1. The molecule has 0 saturated carbocycles. The number of benzene rings is 1. The van der Waals surface area contributed by atoms with Gasteiger partial charge in [0.2, 0.25) is 10.0 Å². The molecular weight excluding hydrogens is 248 g/mol. The monoisotopic (exact) mass is 268 g/mol. The van der Waals surface area contributed by atoms with Gasteiger partial charge in [0, 0.05) is 26.7 Å². The van der Waals surface area contributed by atoms with Gasteiger partial charge in [-0.1, -0.05) is 18.2 Å². The van der Waals surface area contributed by atoms with Crippen LogP contribution < -0.4 is 5.32 Å². The predicted octanol–water partition coefficient (Wildman–Crippen LogP) is 1.77. The molecule has 1 atom stereocenters. The molecular formula is C13H20N2O2S. The van der Waals surface area contributed by atoms with Gasteiger partial charge in [0.05, 0.1) is 4.90 Å². The number of hydrogen-bond acceptors (Lipinski definition) is 3. The van der Waals surface area contributed by atoms with Crippen molar-refractivity contribution in [1.29, 1.82) is 0 Å². The zero-order chi connectivity index (χ0) is 13.8. The van der Waals surface area contributed by atoms with Gasteiger partial charge in [-0.15, -0.1) is 6.58 Å². The Morgan fingerprint density at radius 2 is 1.89 bits per heavy atom. The second-order valence-corrected chi connectivity index (χ2v) is 6.43. The first-order valence-electron chi connectivity index (χ1n) is 5.76. The highest BCUT2D eigenvalue weighted by Crippen LogP contribution is 2.17. The van der Waals surface area contributed by atoms with Gasteiger partial charge in [0.15, 0.2) is 0 Å². The van der Waals surface area contributed by atoms with E-state index >= 15 is 0 Å². The van der Waals surface area contributed by atoms with Crippen LogP contribution in [-0.4, -0.2) is 33.4 Å². The summed E-state index contributed by atoms with van der Waals surface area (Å²) in [6.45, 7) is 6.39. The third kappa shape index (κ3) is 3.41. The van der Waals surface area contributed by atoms with E-state index in [0.717, 1.165) is 12.1 Å². The van der Waals surface area contributed by atoms with Gasteiger partial charge in [0.1, 0.15) is 0 Å². The van der Waals surface area contributed by atoms with E-state index < -0.39 is 10.0 Å². The van der Waals surface area contributed by atoms with E-state index in [-0.39, 0.29) is 6.04 Å². The average molecular weight is 268 g/mol. The third-order valence-electron chi connectivity index (χ3n) is 2.73. The van der Waals surface area contributed by atoms with Crippen LogP contribution in [0.4, 0.5) is 0 Å². The molecule has 1 rings (SSSR count). The van der Waals surface area contributed by atoms with Gasteiger partial charge < -0.3 is 5.32 Å². The Kier molecular flexibility index (Phi) is 5.07. The Morgan fingerprint density at radius 3 is 2.33 bits per heavy atom. The van der Waals surface area contributed by atoms with Crippen molar-refractivity contribution in [3.05, 3.63) is 42.5 Å². The molecule has 0 aliphatic carbocycles. The molecule has 0 fully saturated rings. The fraction of sp³-hybridized carbons (Fsp3) is 0.385. The highest BCUT2D eigenvalue weighted by atomic mass is 32.2. The fourth-order valence-corrected chi connectivity index (χ4v) is 2.42. The summed E-state index contributed by atoms with van der Waals surface area (Å²) >= 11 is 0. The van der Waals surface area contributed by atoms with E-state index in [4.69, 9.17) is 0 Å². The van der Waals surface area contributed by atoms with Crippen molar-refractivity contribution in [1.82, 2.24) is 9.62 Å². The Balaban J connectivity index is 2.90. The van der Waals surface area contributed by atoms with Crippen molar-refractivity contribution >= 4 is 10.0 Å². The van der Waals surface area contributed by atoms with Crippen molar-refractivity contribution in [3.63, 3.8) is 0 Å². The van der Waals surface area contributed by atoms with Gasteiger partial charge in [-0.25, -0.2) is 12.7 Å². The molecule has 0 saturated heterocycles. The Hall–Kier alpha value is -1.17. The van der Waals surface area contributed by atoms with Crippen LogP contribution in [0.2, 0.25) is 0 Å². The first kappa shape index (κ1) is 14.9. The molecule has 1 aromatic carbocycles. The molecule has 0 bridgehead atoms. The summed E-state index contributed by atoms with van der Waals surface area (Å²) in [6.07, 6.45) is 1.79. The lowest BCUT2D eigenvalue weighted by molar-refractivity contribution is 0.520. The van der Waals surface area contributed by atoms with Crippen molar-refractivity contribution < 1.29 is 8.42 Å². The molecule has 1 N–H and O–H groups in total. The summed E-state index contributed by atoms with van der Waals surface area (Å²) < 4.78 is 25.0. The van der Waals surface area contributed by atoms with E-state index in [1.165, 1.54) is 18.4 Å². The standard InChI is InChI=1S/C13H20N2O2S/c1-5-10-14-11(2)12-6-8-13(9-7-12)18(16,17)15(3)4/h5-9,11,14H,1,10H2,2-4H3. The lowest BCUT2D eigenvalue weighted by Crippen LogP contribution is -2.22.